The number of nitrogens with zero attached hydrogens (tertiary/aromatic N) is 2. The Bertz CT molecular complexity index is 795. The number of H-pyrrole nitrogens is 1. The fourth-order valence-electron chi connectivity index (χ4n) is 5.06. The van der Waals surface area contributed by atoms with Crippen LogP contribution in [0.3, 0.4) is 0 Å². The van der Waals surface area contributed by atoms with Gasteiger partial charge >= 0.3 is 0 Å². The average Bonchev–Trinajstić information content (AvgIpc) is 2.97. The van der Waals surface area contributed by atoms with E-state index < -0.39 is 0 Å². The average molecular weight is 353 g/mol. The number of piperidine rings is 1. The molecular weight excluding hydrogens is 326 g/mol. The summed E-state index contributed by atoms with van der Waals surface area (Å²) < 4.78 is 5.54. The van der Waals surface area contributed by atoms with Crippen LogP contribution in [0.25, 0.3) is 10.9 Å². The monoisotopic (exact) mass is 353 g/mol. The van der Waals surface area contributed by atoms with Gasteiger partial charge < -0.3 is 14.6 Å². The molecule has 5 heteroatoms. The van der Waals surface area contributed by atoms with Crippen LogP contribution in [-0.2, 0) is 4.74 Å². The van der Waals surface area contributed by atoms with Gasteiger partial charge in [-0.1, -0.05) is 6.07 Å². The molecule has 138 valence electrons. The lowest BCUT2D eigenvalue weighted by molar-refractivity contribution is 0.0304. The summed E-state index contributed by atoms with van der Waals surface area (Å²) in [6.45, 7) is 4.84. The number of aromatic amines is 1. The molecule has 5 nitrogen and oxygen atoms in total. The van der Waals surface area contributed by atoms with Gasteiger partial charge in [0.15, 0.2) is 0 Å². The molecular formula is C21H27N3O2. The lowest BCUT2D eigenvalue weighted by Crippen LogP contribution is -2.48. The molecule has 0 spiro atoms. The Kier molecular flexibility index (Phi) is 4.21. The van der Waals surface area contributed by atoms with Crippen molar-refractivity contribution < 1.29 is 9.53 Å². The molecule has 2 aromatic rings. The first kappa shape index (κ1) is 16.3. The number of hydrogen-bond acceptors (Lipinski definition) is 3. The molecule has 5 heterocycles. The van der Waals surface area contributed by atoms with Crippen LogP contribution in [0.1, 0.15) is 36.0 Å². The Hall–Kier alpha value is -1.85. The van der Waals surface area contributed by atoms with Crippen LogP contribution in [0.15, 0.2) is 30.5 Å². The van der Waals surface area contributed by atoms with E-state index in [0.717, 1.165) is 68.6 Å². The van der Waals surface area contributed by atoms with E-state index in [9.17, 15) is 4.79 Å². The first-order valence-corrected chi connectivity index (χ1v) is 9.98. The third-order valence-electron chi connectivity index (χ3n) is 6.51. The van der Waals surface area contributed by atoms with Gasteiger partial charge in [0.1, 0.15) is 0 Å². The number of rotatable bonds is 2. The zero-order chi connectivity index (χ0) is 17.5. The predicted molar refractivity (Wildman–Crippen MR) is 101 cm³/mol. The van der Waals surface area contributed by atoms with Crippen molar-refractivity contribution in [1.29, 1.82) is 0 Å². The summed E-state index contributed by atoms with van der Waals surface area (Å²) >= 11 is 0. The minimum absolute atomic E-state index is 0.199. The van der Waals surface area contributed by atoms with Crippen molar-refractivity contribution in [2.24, 2.45) is 5.92 Å². The first-order valence-electron chi connectivity index (χ1n) is 9.98. The van der Waals surface area contributed by atoms with Gasteiger partial charge in [-0.3, -0.25) is 9.69 Å². The maximum absolute atomic E-state index is 13.3. The van der Waals surface area contributed by atoms with Gasteiger partial charge in [-0.15, -0.1) is 0 Å². The van der Waals surface area contributed by atoms with Crippen molar-refractivity contribution in [1.82, 2.24) is 14.8 Å². The standard InChI is InChI=1S/C21H27N3O2/c25-21(17-3-2-16-5-8-22-20(16)11-17)24-13-15-1-4-19(24)14-23(12-15)18-6-9-26-10-7-18/h2-3,5,8,11,15,18-19,22H,1,4,6-7,9-10,12-14H2/t15-,19+/m0/s1. The van der Waals surface area contributed by atoms with Gasteiger partial charge in [0.25, 0.3) is 5.91 Å². The summed E-state index contributed by atoms with van der Waals surface area (Å²) in [4.78, 5) is 21.3. The number of benzene rings is 1. The van der Waals surface area contributed by atoms with E-state index >= 15 is 0 Å². The van der Waals surface area contributed by atoms with Crippen LogP contribution in [0, 0.1) is 5.92 Å². The van der Waals surface area contributed by atoms with Crippen molar-refractivity contribution in [3.8, 4) is 0 Å². The fraction of sp³-hybridized carbons (Fsp3) is 0.571. The lowest BCUT2D eigenvalue weighted by atomic mass is 9.94. The molecule has 2 bridgehead atoms. The van der Waals surface area contributed by atoms with E-state index in [4.69, 9.17) is 4.74 Å². The van der Waals surface area contributed by atoms with Gasteiger partial charge in [-0.25, -0.2) is 0 Å². The van der Waals surface area contributed by atoms with Crippen LogP contribution < -0.4 is 0 Å². The normalized spacial score (nSPS) is 27.8. The summed E-state index contributed by atoms with van der Waals surface area (Å²) in [6, 6.07) is 9.06. The summed E-state index contributed by atoms with van der Waals surface area (Å²) in [6.07, 6.45) is 6.59. The molecule has 0 radical (unpaired) electrons. The highest BCUT2D eigenvalue weighted by atomic mass is 16.5. The van der Waals surface area contributed by atoms with E-state index in [-0.39, 0.29) is 5.91 Å². The van der Waals surface area contributed by atoms with Crippen LogP contribution >= 0.6 is 0 Å². The second-order valence-electron chi connectivity index (χ2n) is 8.13. The molecule has 1 aromatic carbocycles. The predicted octanol–water partition coefficient (Wildman–Crippen LogP) is 2.88. The van der Waals surface area contributed by atoms with Gasteiger partial charge in [0, 0.05) is 62.2 Å². The quantitative estimate of drug-likeness (QED) is 0.903. The molecule has 6 rings (SSSR count). The third kappa shape index (κ3) is 2.93. The van der Waals surface area contributed by atoms with Crippen molar-refractivity contribution in [3.63, 3.8) is 0 Å². The molecule has 0 unspecified atom stereocenters. The van der Waals surface area contributed by atoms with Crippen LogP contribution in [-0.4, -0.2) is 65.6 Å². The maximum atomic E-state index is 13.3. The highest BCUT2D eigenvalue weighted by Crippen LogP contribution is 2.32. The molecule has 1 amide bonds. The number of carbonyl (C=O) groups is 1. The van der Waals surface area contributed by atoms with Crippen molar-refractivity contribution >= 4 is 16.8 Å². The lowest BCUT2D eigenvalue weighted by Gasteiger charge is -2.37. The molecule has 4 saturated heterocycles. The number of fused-ring (bicyclic) bond motifs is 5. The molecule has 2 atom stereocenters. The Balaban J connectivity index is 1.36. The van der Waals surface area contributed by atoms with Crippen molar-refractivity contribution in [3.05, 3.63) is 36.0 Å². The third-order valence-corrected chi connectivity index (χ3v) is 6.51. The number of hydrogen-bond donors (Lipinski definition) is 1. The number of amides is 1. The largest absolute Gasteiger partial charge is 0.381 e. The summed E-state index contributed by atoms with van der Waals surface area (Å²) in [5.74, 6) is 0.805. The zero-order valence-corrected chi connectivity index (χ0v) is 15.2. The Morgan fingerprint density at radius 3 is 2.77 bits per heavy atom. The molecule has 4 fully saturated rings. The van der Waals surface area contributed by atoms with E-state index in [1.807, 2.05) is 30.5 Å². The van der Waals surface area contributed by atoms with E-state index in [0.29, 0.717) is 18.0 Å². The highest BCUT2D eigenvalue weighted by molar-refractivity contribution is 5.98. The van der Waals surface area contributed by atoms with Crippen molar-refractivity contribution in [2.75, 3.05) is 32.8 Å². The van der Waals surface area contributed by atoms with Gasteiger partial charge in [0.2, 0.25) is 0 Å². The summed E-state index contributed by atoms with van der Waals surface area (Å²) in [7, 11) is 0. The minimum atomic E-state index is 0.199. The molecule has 1 N–H and O–H groups in total. The molecule has 26 heavy (non-hydrogen) atoms. The molecule has 0 aliphatic carbocycles. The minimum Gasteiger partial charge on any atom is -0.381 e. The van der Waals surface area contributed by atoms with E-state index in [1.165, 1.54) is 6.42 Å². The maximum Gasteiger partial charge on any atom is 0.254 e. The van der Waals surface area contributed by atoms with Crippen LogP contribution in [0.4, 0.5) is 0 Å². The number of aromatic nitrogens is 1. The van der Waals surface area contributed by atoms with Gasteiger partial charge in [-0.05, 0) is 55.2 Å². The Morgan fingerprint density at radius 1 is 1.00 bits per heavy atom. The summed E-state index contributed by atoms with van der Waals surface area (Å²) in [5.41, 5.74) is 1.85. The molecule has 4 aliphatic rings. The van der Waals surface area contributed by atoms with Crippen LogP contribution in [0.5, 0.6) is 0 Å². The fourth-order valence-corrected chi connectivity index (χ4v) is 5.06. The zero-order valence-electron chi connectivity index (χ0n) is 15.2. The smallest absolute Gasteiger partial charge is 0.254 e. The number of nitrogens with one attached hydrogen (secondary N) is 1. The molecule has 4 aliphatic heterocycles. The topological polar surface area (TPSA) is 48.6 Å². The van der Waals surface area contributed by atoms with Gasteiger partial charge in [-0.2, -0.15) is 0 Å². The Morgan fingerprint density at radius 2 is 1.88 bits per heavy atom. The highest BCUT2D eigenvalue weighted by Gasteiger charge is 2.39. The summed E-state index contributed by atoms with van der Waals surface area (Å²) in [5, 5.41) is 1.16. The second-order valence-corrected chi connectivity index (χ2v) is 8.13. The van der Waals surface area contributed by atoms with E-state index in [1.54, 1.807) is 0 Å². The van der Waals surface area contributed by atoms with Gasteiger partial charge in [0.05, 0.1) is 0 Å². The van der Waals surface area contributed by atoms with Crippen LogP contribution in [0.2, 0.25) is 0 Å². The molecule has 1 aromatic heterocycles. The SMILES string of the molecule is O=C(c1ccc2cc[nH]c2c1)N1C[C@H]2CC[C@@H]1CN(C1CCOCC1)C2. The second kappa shape index (κ2) is 6.71. The number of carbonyl (C=O) groups excluding carboxylic acids is 1. The van der Waals surface area contributed by atoms with E-state index in [2.05, 4.69) is 14.8 Å². The number of ether oxygens (including phenoxy) is 1. The molecule has 0 saturated carbocycles. The van der Waals surface area contributed by atoms with Crippen molar-refractivity contribution in [2.45, 2.75) is 37.8 Å². The first-order chi connectivity index (χ1) is 12.8. The Labute approximate surface area is 154 Å².